The number of anilines is 1. The maximum atomic E-state index is 13.9. The zero-order valence-corrected chi connectivity index (χ0v) is 23.6. The quantitative estimate of drug-likeness (QED) is 0.384. The largest absolute Gasteiger partial charge is 0.354 e. The average Bonchev–Trinajstić information content (AvgIpc) is 2.90. The summed E-state index contributed by atoms with van der Waals surface area (Å²) < 4.78 is 28.9. The second kappa shape index (κ2) is 12.7. The highest BCUT2D eigenvalue weighted by atomic mass is 32.2. The predicted molar refractivity (Wildman–Crippen MR) is 151 cm³/mol. The van der Waals surface area contributed by atoms with Gasteiger partial charge in [-0.2, -0.15) is 0 Å². The van der Waals surface area contributed by atoms with Crippen molar-refractivity contribution >= 4 is 27.5 Å². The topological polar surface area (TPSA) is 86.8 Å². The standard InChI is InChI=1S/C30H37N3O4S/c1-6-19-31-30(35)25(5)32(20-26-15-11-22(2)12-16-26)29(34)21-33(28-10-8-7-9-24(28)4)38(36,37)27-17-13-23(3)14-18-27/h7-18,25H,6,19-21H2,1-5H3,(H,31,35)/t25-/m0/s1. The van der Waals surface area contributed by atoms with Gasteiger partial charge in [0.2, 0.25) is 11.8 Å². The van der Waals surface area contributed by atoms with Crippen LogP contribution in [0, 0.1) is 20.8 Å². The fourth-order valence-corrected chi connectivity index (χ4v) is 5.54. The summed E-state index contributed by atoms with van der Waals surface area (Å²) in [5, 5.41) is 2.85. The molecule has 202 valence electrons. The lowest BCUT2D eigenvalue weighted by atomic mass is 10.1. The maximum Gasteiger partial charge on any atom is 0.264 e. The Morgan fingerprint density at radius 1 is 0.868 bits per heavy atom. The minimum absolute atomic E-state index is 0.0953. The van der Waals surface area contributed by atoms with Gasteiger partial charge < -0.3 is 10.2 Å². The monoisotopic (exact) mass is 535 g/mol. The zero-order valence-electron chi connectivity index (χ0n) is 22.8. The number of carbonyl (C=O) groups excluding carboxylic acids is 2. The third-order valence-electron chi connectivity index (χ3n) is 6.46. The number of hydrogen-bond donors (Lipinski definition) is 1. The molecule has 1 atom stereocenters. The Morgan fingerprint density at radius 3 is 2.03 bits per heavy atom. The number of sulfonamides is 1. The minimum atomic E-state index is -4.08. The minimum Gasteiger partial charge on any atom is -0.354 e. The van der Waals surface area contributed by atoms with Crippen molar-refractivity contribution in [1.29, 1.82) is 0 Å². The van der Waals surface area contributed by atoms with E-state index in [1.54, 1.807) is 43.3 Å². The molecular weight excluding hydrogens is 498 g/mol. The Labute approximate surface area is 226 Å². The van der Waals surface area contributed by atoms with E-state index in [-0.39, 0.29) is 17.3 Å². The Bertz CT molecular complexity index is 1350. The number of amides is 2. The average molecular weight is 536 g/mol. The van der Waals surface area contributed by atoms with Crippen LogP contribution < -0.4 is 9.62 Å². The fraction of sp³-hybridized carbons (Fsp3) is 0.333. The molecule has 38 heavy (non-hydrogen) atoms. The van der Waals surface area contributed by atoms with E-state index >= 15 is 0 Å². The molecule has 0 fully saturated rings. The van der Waals surface area contributed by atoms with Crippen LogP contribution in [0.5, 0.6) is 0 Å². The number of nitrogens with one attached hydrogen (secondary N) is 1. The molecule has 1 N–H and O–H groups in total. The molecular formula is C30H37N3O4S. The van der Waals surface area contributed by atoms with Crippen molar-refractivity contribution in [3.8, 4) is 0 Å². The predicted octanol–water partition coefficient (Wildman–Crippen LogP) is 4.75. The summed E-state index contributed by atoms with van der Waals surface area (Å²) in [6.07, 6.45) is 0.764. The summed E-state index contributed by atoms with van der Waals surface area (Å²) in [5.41, 5.74) is 3.99. The van der Waals surface area contributed by atoms with Crippen molar-refractivity contribution < 1.29 is 18.0 Å². The van der Waals surface area contributed by atoms with Crippen LogP contribution in [0.25, 0.3) is 0 Å². The van der Waals surface area contributed by atoms with E-state index in [9.17, 15) is 18.0 Å². The first-order valence-corrected chi connectivity index (χ1v) is 14.3. The highest BCUT2D eigenvalue weighted by Gasteiger charge is 2.33. The molecule has 7 nitrogen and oxygen atoms in total. The number of hydrogen-bond acceptors (Lipinski definition) is 4. The molecule has 0 bridgehead atoms. The fourth-order valence-electron chi connectivity index (χ4n) is 4.06. The lowest BCUT2D eigenvalue weighted by molar-refractivity contribution is -0.139. The Hall–Kier alpha value is -3.65. The van der Waals surface area contributed by atoms with Crippen LogP contribution in [-0.4, -0.2) is 44.3 Å². The van der Waals surface area contributed by atoms with Crippen molar-refractivity contribution in [3.05, 3.63) is 95.1 Å². The first-order valence-electron chi connectivity index (χ1n) is 12.8. The van der Waals surface area contributed by atoms with Gasteiger partial charge in [-0.05, 0) is 63.4 Å². The third-order valence-corrected chi connectivity index (χ3v) is 8.24. The molecule has 0 saturated heterocycles. The number of carbonyl (C=O) groups is 2. The van der Waals surface area contributed by atoms with E-state index in [0.29, 0.717) is 12.2 Å². The summed E-state index contributed by atoms with van der Waals surface area (Å²) in [5.74, 6) is -0.750. The smallest absolute Gasteiger partial charge is 0.264 e. The lowest BCUT2D eigenvalue weighted by Gasteiger charge is -2.32. The molecule has 0 aliphatic carbocycles. The zero-order chi connectivity index (χ0) is 27.9. The Balaban J connectivity index is 2.02. The van der Waals surface area contributed by atoms with Gasteiger partial charge in [0.25, 0.3) is 10.0 Å². The molecule has 2 amide bonds. The van der Waals surface area contributed by atoms with E-state index in [4.69, 9.17) is 0 Å². The van der Waals surface area contributed by atoms with E-state index in [1.165, 1.54) is 4.90 Å². The number of rotatable bonds is 11. The van der Waals surface area contributed by atoms with Gasteiger partial charge in [-0.3, -0.25) is 13.9 Å². The van der Waals surface area contributed by atoms with Gasteiger partial charge in [0.05, 0.1) is 10.6 Å². The van der Waals surface area contributed by atoms with E-state index in [0.717, 1.165) is 33.0 Å². The molecule has 0 radical (unpaired) electrons. The van der Waals surface area contributed by atoms with Crippen LogP contribution in [0.4, 0.5) is 5.69 Å². The summed E-state index contributed by atoms with van der Waals surface area (Å²) in [6.45, 7) is 9.51. The molecule has 0 unspecified atom stereocenters. The number of para-hydroxylation sites is 1. The van der Waals surface area contributed by atoms with Crippen LogP contribution in [-0.2, 0) is 26.2 Å². The number of nitrogens with zero attached hydrogens (tertiary/aromatic N) is 2. The van der Waals surface area contributed by atoms with Crippen LogP contribution >= 0.6 is 0 Å². The molecule has 0 aliphatic heterocycles. The van der Waals surface area contributed by atoms with Gasteiger partial charge in [0.1, 0.15) is 12.6 Å². The first-order chi connectivity index (χ1) is 18.0. The SMILES string of the molecule is CCCNC(=O)[C@H](C)N(Cc1ccc(C)cc1)C(=O)CN(c1ccccc1C)S(=O)(=O)c1ccc(C)cc1. The summed E-state index contributed by atoms with van der Waals surface area (Å²) in [6, 6.07) is 20.5. The molecule has 0 aromatic heterocycles. The van der Waals surface area contributed by atoms with Gasteiger partial charge in [0, 0.05) is 13.1 Å². The highest BCUT2D eigenvalue weighted by Crippen LogP contribution is 2.27. The molecule has 0 heterocycles. The first kappa shape index (κ1) is 28.9. The van der Waals surface area contributed by atoms with Crippen molar-refractivity contribution in [3.63, 3.8) is 0 Å². The third kappa shape index (κ3) is 7.01. The van der Waals surface area contributed by atoms with Gasteiger partial charge in [-0.15, -0.1) is 0 Å². The summed E-state index contributed by atoms with van der Waals surface area (Å²) >= 11 is 0. The molecule has 3 aromatic carbocycles. The molecule has 0 spiro atoms. The van der Waals surface area contributed by atoms with E-state index in [1.807, 2.05) is 64.1 Å². The molecule has 0 aliphatic rings. The van der Waals surface area contributed by atoms with Crippen molar-refractivity contribution in [2.24, 2.45) is 0 Å². The molecule has 3 aromatic rings. The van der Waals surface area contributed by atoms with Crippen LogP contribution in [0.2, 0.25) is 0 Å². The van der Waals surface area contributed by atoms with Gasteiger partial charge in [0.15, 0.2) is 0 Å². The maximum absolute atomic E-state index is 13.9. The van der Waals surface area contributed by atoms with E-state index in [2.05, 4.69) is 5.32 Å². The van der Waals surface area contributed by atoms with Crippen LogP contribution in [0.15, 0.2) is 77.7 Å². The van der Waals surface area contributed by atoms with Crippen molar-refractivity contribution in [2.75, 3.05) is 17.4 Å². The molecule has 0 saturated carbocycles. The summed E-state index contributed by atoms with van der Waals surface area (Å²) in [7, 11) is -4.08. The van der Waals surface area contributed by atoms with Gasteiger partial charge in [-0.25, -0.2) is 8.42 Å². The number of aryl methyl sites for hydroxylation is 3. The van der Waals surface area contributed by atoms with Crippen LogP contribution in [0.1, 0.15) is 42.5 Å². The normalized spacial score (nSPS) is 12.0. The molecule has 3 rings (SSSR count). The van der Waals surface area contributed by atoms with E-state index < -0.39 is 28.5 Å². The Morgan fingerprint density at radius 2 is 1.45 bits per heavy atom. The second-order valence-electron chi connectivity index (χ2n) is 9.59. The lowest BCUT2D eigenvalue weighted by Crippen LogP contribution is -2.51. The molecule has 8 heteroatoms. The second-order valence-corrected chi connectivity index (χ2v) is 11.4. The van der Waals surface area contributed by atoms with Gasteiger partial charge in [-0.1, -0.05) is 72.6 Å². The highest BCUT2D eigenvalue weighted by molar-refractivity contribution is 7.92. The Kier molecular flexibility index (Phi) is 9.69. The van der Waals surface area contributed by atoms with Crippen molar-refractivity contribution in [1.82, 2.24) is 10.2 Å². The van der Waals surface area contributed by atoms with Crippen LogP contribution in [0.3, 0.4) is 0 Å². The van der Waals surface area contributed by atoms with Crippen molar-refractivity contribution in [2.45, 2.75) is 58.5 Å². The van der Waals surface area contributed by atoms with Gasteiger partial charge >= 0.3 is 0 Å². The number of benzene rings is 3. The summed E-state index contributed by atoms with van der Waals surface area (Å²) in [4.78, 5) is 28.4.